The normalized spacial score (nSPS) is 16.2. The van der Waals surface area contributed by atoms with Gasteiger partial charge >= 0.3 is 5.97 Å². The molecule has 0 aromatic heterocycles. The van der Waals surface area contributed by atoms with Crippen LogP contribution in [0.15, 0.2) is 24.3 Å². The van der Waals surface area contributed by atoms with Crippen LogP contribution >= 0.6 is 0 Å². The molecular formula is C14H15FO3. The van der Waals surface area contributed by atoms with Crippen molar-refractivity contribution in [1.29, 1.82) is 0 Å². The Balaban J connectivity index is 2.36. The summed E-state index contributed by atoms with van der Waals surface area (Å²) in [6, 6.07) is 4.57. The Bertz CT molecular complexity index is 490. The van der Waals surface area contributed by atoms with Gasteiger partial charge in [0.1, 0.15) is 0 Å². The molecule has 0 atom stereocenters. The van der Waals surface area contributed by atoms with Gasteiger partial charge in [0.05, 0.1) is 7.11 Å². The van der Waals surface area contributed by atoms with Crippen LogP contribution < -0.4 is 4.74 Å². The fourth-order valence-electron chi connectivity index (χ4n) is 2.14. The Hall–Kier alpha value is -1.84. The van der Waals surface area contributed by atoms with Crippen LogP contribution in [-0.2, 0) is 4.79 Å². The van der Waals surface area contributed by atoms with E-state index in [9.17, 15) is 9.18 Å². The third kappa shape index (κ3) is 2.53. The van der Waals surface area contributed by atoms with E-state index in [0.29, 0.717) is 11.1 Å². The van der Waals surface area contributed by atoms with Gasteiger partial charge in [-0.25, -0.2) is 9.18 Å². The molecule has 1 saturated carbocycles. The minimum Gasteiger partial charge on any atom is -0.494 e. The zero-order valence-electron chi connectivity index (χ0n) is 10.1. The van der Waals surface area contributed by atoms with Crippen LogP contribution in [0.2, 0.25) is 0 Å². The number of ether oxygens (including phenoxy) is 1. The molecule has 1 aromatic carbocycles. The Labute approximate surface area is 105 Å². The molecule has 2 rings (SSSR count). The molecule has 96 valence electrons. The number of carbonyl (C=O) groups is 1. The molecule has 0 saturated heterocycles. The predicted molar refractivity (Wildman–Crippen MR) is 65.9 cm³/mol. The van der Waals surface area contributed by atoms with Gasteiger partial charge in [0.15, 0.2) is 11.6 Å². The van der Waals surface area contributed by atoms with E-state index in [-0.39, 0.29) is 11.7 Å². The van der Waals surface area contributed by atoms with Gasteiger partial charge in [-0.1, -0.05) is 12.5 Å². The largest absolute Gasteiger partial charge is 0.494 e. The summed E-state index contributed by atoms with van der Waals surface area (Å²) < 4.78 is 18.5. The fraction of sp³-hybridized carbons (Fsp3) is 0.357. The number of aliphatic carboxylic acids is 1. The van der Waals surface area contributed by atoms with E-state index in [1.807, 2.05) is 0 Å². The van der Waals surface area contributed by atoms with Crippen molar-refractivity contribution in [2.75, 3.05) is 7.11 Å². The van der Waals surface area contributed by atoms with Crippen molar-refractivity contribution < 1.29 is 19.0 Å². The maximum absolute atomic E-state index is 13.6. The fourth-order valence-corrected chi connectivity index (χ4v) is 2.14. The first-order valence-corrected chi connectivity index (χ1v) is 5.90. The second-order valence-electron chi connectivity index (χ2n) is 4.42. The minimum absolute atomic E-state index is 0.169. The van der Waals surface area contributed by atoms with Crippen molar-refractivity contribution >= 4 is 11.5 Å². The van der Waals surface area contributed by atoms with Crippen LogP contribution in [0, 0.1) is 11.7 Å². The van der Waals surface area contributed by atoms with Crippen LogP contribution in [0.4, 0.5) is 4.39 Å². The molecule has 18 heavy (non-hydrogen) atoms. The molecule has 0 aliphatic heterocycles. The number of allylic oxidation sites excluding steroid dienone is 1. The van der Waals surface area contributed by atoms with Gasteiger partial charge in [0.2, 0.25) is 0 Å². The predicted octanol–water partition coefficient (Wildman–Crippen LogP) is 3.10. The van der Waals surface area contributed by atoms with Crippen LogP contribution in [-0.4, -0.2) is 18.2 Å². The second kappa shape index (κ2) is 5.21. The summed E-state index contributed by atoms with van der Waals surface area (Å²) in [4.78, 5) is 10.8. The zero-order valence-corrected chi connectivity index (χ0v) is 10.1. The monoisotopic (exact) mass is 250 g/mol. The van der Waals surface area contributed by atoms with Crippen LogP contribution in [0.25, 0.3) is 5.57 Å². The van der Waals surface area contributed by atoms with Crippen LogP contribution in [0.3, 0.4) is 0 Å². The first kappa shape index (κ1) is 12.6. The summed E-state index contributed by atoms with van der Waals surface area (Å²) in [5, 5.41) is 8.89. The summed E-state index contributed by atoms with van der Waals surface area (Å²) >= 11 is 0. The molecule has 0 spiro atoms. The second-order valence-corrected chi connectivity index (χ2v) is 4.42. The lowest BCUT2D eigenvalue weighted by Gasteiger charge is -2.28. The average molecular weight is 250 g/mol. The van der Waals surface area contributed by atoms with Gasteiger partial charge in [-0.15, -0.1) is 0 Å². The molecule has 1 aliphatic carbocycles. The van der Waals surface area contributed by atoms with E-state index in [4.69, 9.17) is 9.84 Å². The van der Waals surface area contributed by atoms with Crippen molar-refractivity contribution in [1.82, 2.24) is 0 Å². The number of benzene rings is 1. The third-order valence-electron chi connectivity index (χ3n) is 3.31. The Morgan fingerprint density at radius 3 is 2.67 bits per heavy atom. The van der Waals surface area contributed by atoms with E-state index in [1.54, 1.807) is 6.07 Å². The van der Waals surface area contributed by atoms with Gasteiger partial charge in [-0.2, -0.15) is 0 Å². The SMILES string of the molecule is COc1ccc(/C(=C/C(=O)O)C2CCC2)cc1F. The quantitative estimate of drug-likeness (QED) is 0.835. The van der Waals surface area contributed by atoms with Gasteiger partial charge < -0.3 is 9.84 Å². The molecule has 0 amide bonds. The first-order valence-electron chi connectivity index (χ1n) is 5.90. The first-order chi connectivity index (χ1) is 8.61. The number of rotatable bonds is 4. The molecule has 1 fully saturated rings. The van der Waals surface area contributed by atoms with Gasteiger partial charge in [0, 0.05) is 6.08 Å². The number of carboxylic acid groups (broad SMARTS) is 1. The van der Waals surface area contributed by atoms with E-state index in [1.165, 1.54) is 25.3 Å². The maximum atomic E-state index is 13.6. The minimum atomic E-state index is -0.992. The van der Waals surface area contributed by atoms with Gasteiger partial charge in [-0.3, -0.25) is 0 Å². The molecule has 1 aliphatic rings. The van der Waals surface area contributed by atoms with E-state index < -0.39 is 11.8 Å². The Morgan fingerprint density at radius 1 is 1.50 bits per heavy atom. The molecule has 0 bridgehead atoms. The van der Waals surface area contributed by atoms with Gasteiger partial charge in [-0.05, 0) is 42.0 Å². The van der Waals surface area contributed by atoms with Crippen molar-refractivity contribution in [3.8, 4) is 5.75 Å². The number of carboxylic acids is 1. The smallest absolute Gasteiger partial charge is 0.328 e. The van der Waals surface area contributed by atoms with Crippen LogP contribution in [0.1, 0.15) is 24.8 Å². The summed E-state index contributed by atoms with van der Waals surface area (Å²) in [7, 11) is 1.40. The lowest BCUT2D eigenvalue weighted by atomic mass is 9.77. The molecule has 1 aromatic rings. The van der Waals surface area contributed by atoms with Crippen LogP contribution in [0.5, 0.6) is 5.75 Å². The number of methoxy groups -OCH3 is 1. The molecule has 1 N–H and O–H groups in total. The van der Waals surface area contributed by atoms with E-state index in [2.05, 4.69) is 0 Å². The molecule has 4 heteroatoms. The number of halogens is 1. The Morgan fingerprint density at radius 2 is 2.22 bits per heavy atom. The van der Waals surface area contributed by atoms with Crippen molar-refractivity contribution in [3.63, 3.8) is 0 Å². The number of hydrogen-bond donors (Lipinski definition) is 1. The molecule has 0 radical (unpaired) electrons. The summed E-state index contributed by atoms with van der Waals surface area (Å²) in [6.45, 7) is 0. The highest BCUT2D eigenvalue weighted by Crippen LogP contribution is 2.39. The highest BCUT2D eigenvalue weighted by molar-refractivity contribution is 5.90. The topological polar surface area (TPSA) is 46.5 Å². The molecule has 0 unspecified atom stereocenters. The maximum Gasteiger partial charge on any atom is 0.328 e. The highest BCUT2D eigenvalue weighted by Gasteiger charge is 2.24. The van der Waals surface area contributed by atoms with Crippen molar-refractivity contribution in [2.24, 2.45) is 5.92 Å². The Kier molecular flexibility index (Phi) is 3.65. The standard InChI is InChI=1S/C14H15FO3/c1-18-13-6-5-10(7-12(13)15)11(8-14(16)17)9-3-2-4-9/h5-9H,2-4H2,1H3,(H,16,17)/b11-8+. The summed E-state index contributed by atoms with van der Waals surface area (Å²) in [5.41, 5.74) is 1.33. The zero-order chi connectivity index (χ0) is 13.1. The third-order valence-corrected chi connectivity index (χ3v) is 3.31. The molecule has 3 nitrogen and oxygen atoms in total. The van der Waals surface area contributed by atoms with E-state index >= 15 is 0 Å². The van der Waals surface area contributed by atoms with Gasteiger partial charge in [0.25, 0.3) is 0 Å². The lowest BCUT2D eigenvalue weighted by Crippen LogP contribution is -2.14. The van der Waals surface area contributed by atoms with Crippen molar-refractivity contribution in [2.45, 2.75) is 19.3 Å². The van der Waals surface area contributed by atoms with E-state index in [0.717, 1.165) is 19.3 Å². The molecule has 0 heterocycles. The lowest BCUT2D eigenvalue weighted by molar-refractivity contribution is -0.131. The molecular weight excluding hydrogens is 235 g/mol. The number of hydrogen-bond acceptors (Lipinski definition) is 2. The van der Waals surface area contributed by atoms with Crippen molar-refractivity contribution in [3.05, 3.63) is 35.7 Å². The highest BCUT2D eigenvalue weighted by atomic mass is 19.1. The summed E-state index contributed by atoms with van der Waals surface area (Å²) in [5.74, 6) is -1.06. The average Bonchev–Trinajstić information content (AvgIpc) is 2.25. The summed E-state index contributed by atoms with van der Waals surface area (Å²) in [6.07, 6.45) is 4.21.